The molecule has 0 saturated heterocycles. The maximum atomic E-state index is 14.0. The Labute approximate surface area is 262 Å². The molecule has 238 valence electrons. The first-order valence-corrected chi connectivity index (χ1v) is 16.8. The number of ether oxygens (including phenoxy) is 2. The van der Waals surface area contributed by atoms with Gasteiger partial charge in [0.1, 0.15) is 17.5 Å². The number of para-hydroxylation sites is 2. The van der Waals surface area contributed by atoms with Gasteiger partial charge in [0.05, 0.1) is 25.7 Å². The lowest BCUT2D eigenvalue weighted by atomic mass is 10.0. The van der Waals surface area contributed by atoms with Crippen molar-refractivity contribution in [1.29, 1.82) is 0 Å². The topological polar surface area (TPSA) is 105 Å². The molecule has 44 heavy (non-hydrogen) atoms. The number of benzene rings is 3. The molecule has 0 heterocycles. The normalized spacial score (nSPS) is 12.0. The zero-order valence-electron chi connectivity index (χ0n) is 26.4. The second kappa shape index (κ2) is 16.7. The first kappa shape index (κ1) is 34.4. The third kappa shape index (κ3) is 10.3. The van der Waals surface area contributed by atoms with Gasteiger partial charge in [-0.05, 0) is 54.7 Å². The number of methoxy groups -OCH3 is 1. The second-order valence-corrected chi connectivity index (χ2v) is 13.0. The lowest BCUT2D eigenvalue weighted by Crippen LogP contribution is -2.51. The lowest BCUT2D eigenvalue weighted by Gasteiger charge is -2.32. The molecule has 10 heteroatoms. The van der Waals surface area contributed by atoms with Crippen LogP contribution in [0.2, 0.25) is 0 Å². The molecule has 0 radical (unpaired) electrons. The third-order valence-electron chi connectivity index (χ3n) is 7.03. The number of carbonyl (C=O) groups is 2. The molecule has 0 saturated carbocycles. The van der Waals surface area contributed by atoms with Crippen LogP contribution in [0.4, 0.5) is 5.69 Å². The Hall–Kier alpha value is -4.05. The Kier molecular flexibility index (Phi) is 13.1. The Balaban J connectivity index is 1.91. The summed E-state index contributed by atoms with van der Waals surface area (Å²) in [4.78, 5) is 29.3. The molecular weight excluding hydrogens is 578 g/mol. The number of anilines is 1. The molecule has 0 unspecified atom stereocenters. The molecule has 0 spiro atoms. The Bertz CT molecular complexity index is 1460. The highest BCUT2D eigenvalue weighted by Gasteiger charge is 2.31. The first-order chi connectivity index (χ1) is 21.0. The van der Waals surface area contributed by atoms with Gasteiger partial charge in [-0.25, -0.2) is 8.42 Å². The number of rotatable bonds is 17. The van der Waals surface area contributed by atoms with Crippen LogP contribution < -0.4 is 19.1 Å². The fraction of sp³-hybridized carbons (Fsp3) is 0.412. The number of amides is 2. The Morgan fingerprint density at radius 3 is 2.27 bits per heavy atom. The summed E-state index contributed by atoms with van der Waals surface area (Å²) in [5.74, 6) is 0.856. The first-order valence-electron chi connectivity index (χ1n) is 15.0. The monoisotopic (exact) mass is 623 g/mol. The van der Waals surface area contributed by atoms with Gasteiger partial charge in [-0.3, -0.25) is 13.9 Å². The van der Waals surface area contributed by atoms with E-state index in [1.165, 1.54) is 4.31 Å². The molecule has 1 N–H and O–H groups in total. The number of nitrogens with zero attached hydrogens (tertiary/aromatic N) is 2. The highest BCUT2D eigenvalue weighted by molar-refractivity contribution is 7.92. The summed E-state index contributed by atoms with van der Waals surface area (Å²) < 4.78 is 38.0. The molecule has 0 aliphatic heterocycles. The fourth-order valence-corrected chi connectivity index (χ4v) is 5.84. The smallest absolute Gasteiger partial charge is 0.243 e. The van der Waals surface area contributed by atoms with Gasteiger partial charge < -0.3 is 19.7 Å². The van der Waals surface area contributed by atoms with Crippen molar-refractivity contribution in [2.45, 2.75) is 52.6 Å². The largest absolute Gasteiger partial charge is 0.497 e. The van der Waals surface area contributed by atoms with E-state index in [-0.39, 0.29) is 43.7 Å². The van der Waals surface area contributed by atoms with Crippen LogP contribution in [-0.4, -0.2) is 64.2 Å². The number of nitrogens with one attached hydrogen (secondary N) is 1. The molecule has 0 bridgehead atoms. The molecule has 0 aliphatic carbocycles. The van der Waals surface area contributed by atoms with E-state index in [9.17, 15) is 18.0 Å². The molecule has 9 nitrogen and oxygen atoms in total. The van der Waals surface area contributed by atoms with Crippen LogP contribution in [0.1, 0.15) is 44.7 Å². The van der Waals surface area contributed by atoms with Gasteiger partial charge in [0.15, 0.2) is 0 Å². The fourth-order valence-electron chi connectivity index (χ4n) is 4.87. The molecule has 0 aliphatic rings. The van der Waals surface area contributed by atoms with Crippen LogP contribution in [0, 0.1) is 5.92 Å². The van der Waals surface area contributed by atoms with Gasteiger partial charge in [-0.15, -0.1) is 0 Å². The van der Waals surface area contributed by atoms with Gasteiger partial charge in [-0.1, -0.05) is 68.4 Å². The average Bonchev–Trinajstić information content (AvgIpc) is 3.00. The summed E-state index contributed by atoms with van der Waals surface area (Å²) in [6, 6.07) is 23.2. The molecule has 3 aromatic carbocycles. The maximum Gasteiger partial charge on any atom is 0.243 e. The number of hydrogen-bond donors (Lipinski definition) is 1. The van der Waals surface area contributed by atoms with E-state index in [2.05, 4.69) is 5.32 Å². The van der Waals surface area contributed by atoms with Crippen molar-refractivity contribution >= 4 is 27.5 Å². The zero-order valence-corrected chi connectivity index (χ0v) is 27.2. The van der Waals surface area contributed by atoms with Crippen LogP contribution >= 0.6 is 0 Å². The SMILES string of the molecule is CCOc1ccccc1N(CCCC(=O)N(Cc1cccc(OC)c1)[C@H](Cc1ccccc1)C(=O)NCC(C)C)S(C)(=O)=O. The van der Waals surface area contributed by atoms with E-state index < -0.39 is 16.1 Å². The van der Waals surface area contributed by atoms with Crippen molar-refractivity contribution < 1.29 is 27.5 Å². The molecule has 3 rings (SSSR count). The highest BCUT2D eigenvalue weighted by atomic mass is 32.2. The lowest BCUT2D eigenvalue weighted by molar-refractivity contribution is -0.141. The molecule has 0 aromatic heterocycles. The molecular formula is C34H45N3O6S. The molecule has 1 atom stereocenters. The number of hydrogen-bond acceptors (Lipinski definition) is 6. The molecule has 2 amide bonds. The van der Waals surface area contributed by atoms with Gasteiger partial charge in [0.2, 0.25) is 21.8 Å². The quantitative estimate of drug-likeness (QED) is 0.226. The van der Waals surface area contributed by atoms with E-state index >= 15 is 0 Å². The Morgan fingerprint density at radius 2 is 1.61 bits per heavy atom. The summed E-state index contributed by atoms with van der Waals surface area (Å²) in [7, 11) is -2.09. The van der Waals surface area contributed by atoms with Crippen molar-refractivity contribution in [3.8, 4) is 11.5 Å². The summed E-state index contributed by atoms with van der Waals surface area (Å²) in [5, 5.41) is 3.02. The minimum atomic E-state index is -3.67. The second-order valence-electron chi connectivity index (χ2n) is 11.1. The standard InChI is InChI=1S/C34H45N3O6S/c1-6-43-32-19-11-10-18-30(32)37(44(5,40)41)21-13-20-33(38)36(25-28-16-12-17-29(22-28)42-4)31(34(39)35-24-26(2)3)23-27-14-8-7-9-15-27/h7-12,14-19,22,26,31H,6,13,20-21,23-25H2,1-5H3,(H,35,39)/t31-/m1/s1. The van der Waals surface area contributed by atoms with Crippen molar-refractivity contribution in [2.75, 3.05) is 37.4 Å². The van der Waals surface area contributed by atoms with Crippen LogP contribution in [-0.2, 0) is 32.6 Å². The number of carbonyl (C=O) groups excluding carboxylic acids is 2. The van der Waals surface area contributed by atoms with Crippen LogP contribution in [0.25, 0.3) is 0 Å². The predicted molar refractivity (Wildman–Crippen MR) is 174 cm³/mol. The van der Waals surface area contributed by atoms with Crippen molar-refractivity contribution in [1.82, 2.24) is 10.2 Å². The third-order valence-corrected chi connectivity index (χ3v) is 8.21. The average molecular weight is 624 g/mol. The van der Waals surface area contributed by atoms with Gasteiger partial charge in [0, 0.05) is 32.5 Å². The van der Waals surface area contributed by atoms with E-state index in [0.717, 1.165) is 17.4 Å². The molecule has 0 fully saturated rings. The summed E-state index contributed by atoms with van der Waals surface area (Å²) in [6.07, 6.45) is 1.75. The van der Waals surface area contributed by atoms with Gasteiger partial charge in [-0.2, -0.15) is 0 Å². The predicted octanol–water partition coefficient (Wildman–Crippen LogP) is 5.05. The maximum absolute atomic E-state index is 14.0. The van der Waals surface area contributed by atoms with Crippen LogP contribution in [0.15, 0.2) is 78.9 Å². The van der Waals surface area contributed by atoms with Crippen molar-refractivity contribution in [3.63, 3.8) is 0 Å². The minimum Gasteiger partial charge on any atom is -0.497 e. The number of sulfonamides is 1. The van der Waals surface area contributed by atoms with Gasteiger partial charge in [0.25, 0.3) is 0 Å². The van der Waals surface area contributed by atoms with E-state index in [4.69, 9.17) is 9.47 Å². The van der Waals surface area contributed by atoms with E-state index in [1.54, 1.807) is 36.3 Å². The molecule has 3 aromatic rings. The minimum absolute atomic E-state index is 0.0372. The summed E-state index contributed by atoms with van der Waals surface area (Å²) in [6.45, 7) is 6.99. The summed E-state index contributed by atoms with van der Waals surface area (Å²) >= 11 is 0. The van der Waals surface area contributed by atoms with Crippen LogP contribution in [0.5, 0.6) is 11.5 Å². The van der Waals surface area contributed by atoms with Crippen LogP contribution in [0.3, 0.4) is 0 Å². The van der Waals surface area contributed by atoms with Gasteiger partial charge >= 0.3 is 0 Å². The van der Waals surface area contributed by atoms with E-state index in [1.807, 2.05) is 75.4 Å². The summed E-state index contributed by atoms with van der Waals surface area (Å²) in [5.41, 5.74) is 2.17. The van der Waals surface area contributed by atoms with E-state index in [0.29, 0.717) is 36.8 Å². The Morgan fingerprint density at radius 1 is 0.932 bits per heavy atom. The zero-order chi connectivity index (χ0) is 32.1. The highest BCUT2D eigenvalue weighted by Crippen LogP contribution is 2.30. The van der Waals surface area contributed by atoms with Crippen molar-refractivity contribution in [3.05, 3.63) is 90.0 Å². The van der Waals surface area contributed by atoms with Crippen molar-refractivity contribution in [2.24, 2.45) is 5.92 Å².